The van der Waals surface area contributed by atoms with Crippen LogP contribution < -0.4 is 10.3 Å². The lowest BCUT2D eigenvalue weighted by Crippen LogP contribution is -2.47. The zero-order valence-corrected chi connectivity index (χ0v) is 20.2. The zero-order chi connectivity index (χ0) is 24.4. The summed E-state index contributed by atoms with van der Waals surface area (Å²) < 4.78 is 6.79. The summed E-state index contributed by atoms with van der Waals surface area (Å²) in [6, 6.07) is 22.3. The molecule has 0 radical (unpaired) electrons. The van der Waals surface area contributed by atoms with E-state index in [-0.39, 0.29) is 11.5 Å². The van der Waals surface area contributed by atoms with E-state index >= 15 is 0 Å². The first kappa shape index (κ1) is 23.1. The number of nitrogens with zero attached hydrogens (tertiary/aromatic N) is 3. The molecule has 35 heavy (non-hydrogen) atoms. The van der Waals surface area contributed by atoms with E-state index in [1.807, 2.05) is 59.5 Å². The first-order chi connectivity index (χ1) is 17.0. The van der Waals surface area contributed by atoms with Crippen LogP contribution in [0.15, 0.2) is 83.8 Å². The van der Waals surface area contributed by atoms with Crippen LogP contribution in [0.5, 0.6) is 5.75 Å². The third-order valence-electron chi connectivity index (χ3n) is 6.42. The van der Waals surface area contributed by atoms with Gasteiger partial charge in [0, 0.05) is 47.3 Å². The van der Waals surface area contributed by atoms with Gasteiger partial charge in [0.2, 0.25) is 0 Å². The van der Waals surface area contributed by atoms with Gasteiger partial charge in [-0.2, -0.15) is 0 Å². The molecule has 0 unspecified atom stereocenters. The van der Waals surface area contributed by atoms with Crippen molar-refractivity contribution in [1.82, 2.24) is 14.4 Å². The van der Waals surface area contributed by atoms with Crippen molar-refractivity contribution in [1.29, 1.82) is 0 Å². The van der Waals surface area contributed by atoms with Crippen LogP contribution in [0.3, 0.4) is 0 Å². The molecule has 1 aromatic heterocycles. The van der Waals surface area contributed by atoms with Crippen molar-refractivity contribution in [2.24, 2.45) is 0 Å². The third-order valence-corrected chi connectivity index (χ3v) is 6.79. The molecule has 3 aromatic carbocycles. The second-order valence-electron chi connectivity index (χ2n) is 8.67. The van der Waals surface area contributed by atoms with Crippen LogP contribution in [0, 0.1) is 0 Å². The molecule has 2 heterocycles. The number of fused-ring (bicyclic) bond motifs is 1. The first-order valence-corrected chi connectivity index (χ1v) is 12.0. The average Bonchev–Trinajstić information content (AvgIpc) is 2.90. The van der Waals surface area contributed by atoms with Crippen molar-refractivity contribution < 1.29 is 9.53 Å². The highest BCUT2D eigenvalue weighted by Gasteiger charge is 2.25. The third kappa shape index (κ3) is 4.67. The van der Waals surface area contributed by atoms with Crippen LogP contribution >= 0.6 is 11.6 Å². The first-order valence-electron chi connectivity index (χ1n) is 11.6. The number of halogens is 1. The highest BCUT2D eigenvalue weighted by Crippen LogP contribution is 2.23. The fourth-order valence-corrected chi connectivity index (χ4v) is 4.79. The maximum atomic E-state index is 13.8. The van der Waals surface area contributed by atoms with E-state index in [1.165, 1.54) is 0 Å². The minimum atomic E-state index is -0.165. The molecule has 178 valence electrons. The maximum Gasteiger partial charge on any atom is 0.262 e. The van der Waals surface area contributed by atoms with E-state index in [0.29, 0.717) is 47.5 Å². The summed E-state index contributed by atoms with van der Waals surface area (Å²) in [6.07, 6.45) is 2.54. The Morgan fingerprint density at radius 3 is 2.40 bits per heavy atom. The SMILES string of the molecule is COc1ccc(-n2cc(C(=O)N3CCCN(Cc4ccccc4Cl)C3)c3ccccc3c2=O)cc1. The number of pyridine rings is 1. The number of hydrogen-bond acceptors (Lipinski definition) is 4. The van der Waals surface area contributed by atoms with Crippen LogP contribution in [0.2, 0.25) is 5.02 Å². The van der Waals surface area contributed by atoms with Crippen molar-refractivity contribution in [3.63, 3.8) is 0 Å². The molecule has 0 saturated carbocycles. The molecular formula is C28H26ClN3O3. The molecule has 1 saturated heterocycles. The van der Waals surface area contributed by atoms with Gasteiger partial charge in [-0.3, -0.25) is 19.1 Å². The molecule has 7 heteroatoms. The Bertz CT molecular complexity index is 1430. The van der Waals surface area contributed by atoms with Crippen LogP contribution in [0.25, 0.3) is 16.5 Å². The largest absolute Gasteiger partial charge is 0.497 e. The molecule has 1 amide bonds. The Kier molecular flexibility index (Phi) is 6.57. The smallest absolute Gasteiger partial charge is 0.262 e. The highest BCUT2D eigenvalue weighted by molar-refractivity contribution is 6.31. The van der Waals surface area contributed by atoms with E-state index in [2.05, 4.69) is 4.90 Å². The monoisotopic (exact) mass is 487 g/mol. The number of aromatic nitrogens is 1. The predicted molar refractivity (Wildman–Crippen MR) is 138 cm³/mol. The summed E-state index contributed by atoms with van der Waals surface area (Å²) in [5, 5.41) is 1.91. The number of carbonyl (C=O) groups is 1. The van der Waals surface area contributed by atoms with Crippen LogP contribution in [0.1, 0.15) is 22.3 Å². The number of hydrogen-bond donors (Lipinski definition) is 0. The van der Waals surface area contributed by atoms with Gasteiger partial charge < -0.3 is 9.64 Å². The second-order valence-corrected chi connectivity index (χ2v) is 9.08. The van der Waals surface area contributed by atoms with Gasteiger partial charge in [-0.1, -0.05) is 48.0 Å². The molecule has 6 nitrogen and oxygen atoms in total. The predicted octanol–water partition coefficient (Wildman–Crippen LogP) is 4.96. The van der Waals surface area contributed by atoms with Crippen LogP contribution in [-0.4, -0.2) is 47.1 Å². The summed E-state index contributed by atoms with van der Waals surface area (Å²) in [4.78, 5) is 31.2. The molecular weight excluding hydrogens is 462 g/mol. The van der Waals surface area contributed by atoms with Crippen molar-refractivity contribution in [2.45, 2.75) is 13.0 Å². The summed E-state index contributed by atoms with van der Waals surface area (Å²) in [5.74, 6) is 0.609. The van der Waals surface area contributed by atoms with Crippen LogP contribution in [-0.2, 0) is 6.54 Å². The van der Waals surface area contributed by atoms with Gasteiger partial charge >= 0.3 is 0 Å². The van der Waals surface area contributed by atoms with Crippen molar-refractivity contribution >= 4 is 28.3 Å². The Morgan fingerprint density at radius 2 is 1.66 bits per heavy atom. The number of rotatable bonds is 5. The van der Waals surface area contributed by atoms with Crippen LogP contribution in [0.4, 0.5) is 0 Å². The normalized spacial score (nSPS) is 14.3. The molecule has 1 aliphatic rings. The Morgan fingerprint density at radius 1 is 0.943 bits per heavy atom. The molecule has 0 spiro atoms. The lowest BCUT2D eigenvalue weighted by atomic mass is 10.1. The summed E-state index contributed by atoms with van der Waals surface area (Å²) in [5.41, 5.74) is 2.06. The molecule has 1 aliphatic heterocycles. The number of benzene rings is 3. The van der Waals surface area contributed by atoms with E-state index in [1.54, 1.807) is 36.1 Å². The zero-order valence-electron chi connectivity index (χ0n) is 19.5. The number of methoxy groups -OCH3 is 1. The second kappa shape index (κ2) is 9.94. The minimum Gasteiger partial charge on any atom is -0.497 e. The minimum absolute atomic E-state index is 0.0904. The molecule has 4 aromatic rings. The van der Waals surface area contributed by atoms with Crippen molar-refractivity contribution in [2.75, 3.05) is 26.9 Å². The number of amides is 1. The molecule has 0 aliphatic carbocycles. The van der Waals surface area contributed by atoms with Crippen molar-refractivity contribution in [3.05, 3.63) is 105 Å². The number of ether oxygens (including phenoxy) is 1. The fraction of sp³-hybridized carbons (Fsp3) is 0.214. The highest BCUT2D eigenvalue weighted by atomic mass is 35.5. The fourth-order valence-electron chi connectivity index (χ4n) is 4.60. The summed E-state index contributed by atoms with van der Waals surface area (Å²) in [7, 11) is 1.60. The molecule has 0 atom stereocenters. The summed E-state index contributed by atoms with van der Waals surface area (Å²) >= 11 is 6.37. The van der Waals surface area contributed by atoms with E-state index < -0.39 is 0 Å². The quantitative estimate of drug-likeness (QED) is 0.399. The van der Waals surface area contributed by atoms with Gasteiger partial charge in [-0.25, -0.2) is 0 Å². The number of carbonyl (C=O) groups excluding carboxylic acids is 1. The lowest BCUT2D eigenvalue weighted by Gasteiger charge is -2.36. The summed E-state index contributed by atoms with van der Waals surface area (Å²) in [6.45, 7) is 2.73. The van der Waals surface area contributed by atoms with E-state index in [4.69, 9.17) is 16.3 Å². The lowest BCUT2D eigenvalue weighted by molar-refractivity contribution is 0.0481. The molecule has 0 N–H and O–H groups in total. The standard InChI is InChI=1S/C28H26ClN3O3/c1-35-22-13-11-21(12-14-22)32-18-25(23-8-3-4-9-24(23)28(32)34)27(33)31-16-6-15-30(19-31)17-20-7-2-5-10-26(20)29/h2-5,7-14,18H,6,15-17,19H2,1H3. The van der Waals surface area contributed by atoms with Gasteiger partial charge in [0.1, 0.15) is 5.75 Å². The van der Waals surface area contributed by atoms with Gasteiger partial charge in [-0.15, -0.1) is 0 Å². The Balaban J connectivity index is 1.49. The Labute approximate surface area is 208 Å². The van der Waals surface area contributed by atoms with Gasteiger partial charge in [0.15, 0.2) is 0 Å². The molecule has 5 rings (SSSR count). The van der Waals surface area contributed by atoms with Crippen molar-refractivity contribution in [3.8, 4) is 11.4 Å². The maximum absolute atomic E-state index is 13.8. The Hall–Kier alpha value is -3.61. The van der Waals surface area contributed by atoms with Gasteiger partial charge in [-0.05, 0) is 48.4 Å². The van der Waals surface area contributed by atoms with Gasteiger partial charge in [0.25, 0.3) is 11.5 Å². The van der Waals surface area contributed by atoms with E-state index in [9.17, 15) is 9.59 Å². The van der Waals surface area contributed by atoms with E-state index in [0.717, 1.165) is 23.6 Å². The molecule has 1 fully saturated rings. The van der Waals surface area contributed by atoms with Gasteiger partial charge in [0.05, 0.1) is 19.3 Å². The molecule has 0 bridgehead atoms. The topological polar surface area (TPSA) is 54.8 Å². The average molecular weight is 488 g/mol.